The van der Waals surface area contributed by atoms with Crippen molar-refractivity contribution in [1.29, 1.82) is 0 Å². The molecule has 178 valence electrons. The summed E-state index contributed by atoms with van der Waals surface area (Å²) in [5, 5.41) is 0. The Hall–Kier alpha value is -3.02. The van der Waals surface area contributed by atoms with Gasteiger partial charge in [0.25, 0.3) is 11.8 Å². The number of benzene rings is 2. The molecule has 0 saturated carbocycles. The number of likely N-dealkylation sites (N-methyl/N-ethyl adjacent to an activating group) is 1. The van der Waals surface area contributed by atoms with Crippen molar-refractivity contribution in [2.24, 2.45) is 0 Å². The fourth-order valence-corrected chi connectivity index (χ4v) is 3.97. The summed E-state index contributed by atoms with van der Waals surface area (Å²) in [6, 6.07) is 17.6. The average Bonchev–Trinajstić information content (AvgIpc) is 3.10. The summed E-state index contributed by atoms with van der Waals surface area (Å²) in [4.78, 5) is 28.6. The van der Waals surface area contributed by atoms with Crippen molar-refractivity contribution in [3.05, 3.63) is 119 Å². The van der Waals surface area contributed by atoms with Crippen LogP contribution in [0.4, 0.5) is 0 Å². The van der Waals surface area contributed by atoms with Crippen molar-refractivity contribution in [3.8, 4) is 0 Å². The van der Waals surface area contributed by atoms with Crippen molar-refractivity contribution in [1.82, 2.24) is 9.80 Å². The molecule has 1 heterocycles. The van der Waals surface area contributed by atoms with Gasteiger partial charge in [-0.15, -0.1) is 0 Å². The topological polar surface area (TPSA) is 40.6 Å². The molecule has 1 aliphatic rings. The second-order valence-corrected chi connectivity index (χ2v) is 8.73. The summed E-state index contributed by atoms with van der Waals surface area (Å²) in [6.45, 7) is 11.7. The minimum atomic E-state index is -0.231. The van der Waals surface area contributed by atoms with Crippen LogP contribution in [0.25, 0.3) is 0 Å². The molecule has 1 atom stereocenters. The van der Waals surface area contributed by atoms with E-state index in [4.69, 9.17) is 0 Å². The summed E-state index contributed by atoms with van der Waals surface area (Å²) in [5.74, 6) is -0.461. The quantitative estimate of drug-likeness (QED) is 0.265. The molecule has 0 aromatic heterocycles. The molecule has 0 saturated heterocycles. The van der Waals surface area contributed by atoms with Gasteiger partial charge in [-0.3, -0.25) is 19.4 Å². The largest absolute Gasteiger partial charge is 0.293 e. The zero-order chi connectivity index (χ0) is 24.9. The van der Waals surface area contributed by atoms with E-state index in [-0.39, 0.29) is 24.4 Å². The number of halogens is 1. The summed E-state index contributed by atoms with van der Waals surface area (Å²) in [7, 11) is 0. The number of nitrogens with zero attached hydrogens (tertiary/aromatic N) is 2. The van der Waals surface area contributed by atoms with Crippen LogP contribution < -0.4 is 0 Å². The number of imide groups is 1. The molecule has 1 unspecified atom stereocenters. The Morgan fingerprint density at radius 3 is 2.12 bits per heavy atom. The van der Waals surface area contributed by atoms with E-state index >= 15 is 0 Å². The maximum absolute atomic E-state index is 12.5. The normalized spacial score (nSPS) is 14.5. The second-order valence-electron chi connectivity index (χ2n) is 7.71. The Morgan fingerprint density at radius 2 is 1.59 bits per heavy atom. The molecular formula is C29H33BrN2O2. The highest BCUT2D eigenvalue weighted by Crippen LogP contribution is 2.25. The van der Waals surface area contributed by atoms with Crippen LogP contribution in [0.2, 0.25) is 0 Å². The number of rotatable bonds is 9. The van der Waals surface area contributed by atoms with Crippen molar-refractivity contribution in [3.63, 3.8) is 0 Å². The number of carbonyl (C=O) groups is 2. The van der Waals surface area contributed by atoms with E-state index in [0.29, 0.717) is 11.1 Å². The lowest BCUT2D eigenvalue weighted by atomic mass is 10.1. The lowest BCUT2D eigenvalue weighted by Crippen LogP contribution is -2.31. The van der Waals surface area contributed by atoms with Gasteiger partial charge >= 0.3 is 0 Å². The highest BCUT2D eigenvalue weighted by molar-refractivity contribution is 9.11. The number of hydrogen-bond donors (Lipinski definition) is 0. The molecule has 1 aliphatic heterocycles. The summed E-state index contributed by atoms with van der Waals surface area (Å²) in [5.41, 5.74) is 2.23. The smallest absolute Gasteiger partial charge is 0.261 e. The number of fused-ring (bicyclic) bond motifs is 1. The van der Waals surface area contributed by atoms with E-state index < -0.39 is 0 Å². The molecular weight excluding hydrogens is 488 g/mol. The fraction of sp³-hybridized carbons (Fsp3) is 0.241. The monoisotopic (exact) mass is 520 g/mol. The van der Waals surface area contributed by atoms with Gasteiger partial charge in [-0.25, -0.2) is 0 Å². The third-order valence-corrected chi connectivity index (χ3v) is 6.10. The van der Waals surface area contributed by atoms with Gasteiger partial charge in [0.15, 0.2) is 0 Å². The maximum atomic E-state index is 12.5. The van der Waals surface area contributed by atoms with Crippen LogP contribution in [0.3, 0.4) is 0 Å². The zero-order valence-corrected chi connectivity index (χ0v) is 21.7. The van der Waals surface area contributed by atoms with E-state index in [1.54, 1.807) is 30.3 Å². The van der Waals surface area contributed by atoms with Crippen LogP contribution in [0.1, 0.15) is 53.1 Å². The molecule has 0 radical (unpaired) electrons. The molecule has 0 bridgehead atoms. The van der Waals surface area contributed by atoms with Gasteiger partial charge in [-0.1, -0.05) is 108 Å². The molecule has 0 spiro atoms. The van der Waals surface area contributed by atoms with Gasteiger partial charge in [-0.05, 0) is 38.1 Å². The Balaban J connectivity index is 0.000000509. The van der Waals surface area contributed by atoms with Crippen LogP contribution in [-0.2, 0) is 0 Å². The first-order chi connectivity index (χ1) is 16.4. The van der Waals surface area contributed by atoms with Crippen LogP contribution in [-0.4, -0.2) is 41.2 Å². The Bertz CT molecular complexity index is 1020. The lowest BCUT2D eigenvalue weighted by molar-refractivity contribution is 0.0671. The molecule has 4 nitrogen and oxygen atoms in total. The van der Waals surface area contributed by atoms with E-state index in [1.165, 1.54) is 10.5 Å². The van der Waals surface area contributed by atoms with Crippen molar-refractivity contribution < 1.29 is 9.59 Å². The third kappa shape index (κ3) is 7.51. The molecule has 2 aromatic rings. The minimum Gasteiger partial charge on any atom is -0.293 e. The number of carbonyl (C=O) groups excluding carboxylic acids is 2. The molecule has 0 aliphatic carbocycles. The van der Waals surface area contributed by atoms with Gasteiger partial charge in [0.05, 0.1) is 17.7 Å². The van der Waals surface area contributed by atoms with Crippen LogP contribution in [0, 0.1) is 0 Å². The maximum Gasteiger partial charge on any atom is 0.261 e. The van der Waals surface area contributed by atoms with E-state index in [0.717, 1.165) is 17.6 Å². The molecule has 0 N–H and O–H groups in total. The van der Waals surface area contributed by atoms with Gasteiger partial charge in [0.1, 0.15) is 0 Å². The van der Waals surface area contributed by atoms with Crippen molar-refractivity contribution >= 4 is 27.7 Å². The van der Waals surface area contributed by atoms with E-state index in [1.807, 2.05) is 55.5 Å². The number of hydrogen-bond acceptors (Lipinski definition) is 3. The average molecular weight is 521 g/mol. The molecule has 2 aromatic carbocycles. The van der Waals surface area contributed by atoms with Crippen LogP contribution >= 0.6 is 15.9 Å². The van der Waals surface area contributed by atoms with Gasteiger partial charge in [0.2, 0.25) is 0 Å². The third-order valence-electron chi connectivity index (χ3n) is 5.52. The first-order valence-electron chi connectivity index (χ1n) is 11.4. The highest BCUT2D eigenvalue weighted by Gasteiger charge is 2.35. The Labute approximate surface area is 212 Å². The zero-order valence-electron chi connectivity index (χ0n) is 20.2. The molecule has 3 rings (SSSR count). The molecule has 0 fully saturated rings. The van der Waals surface area contributed by atoms with Crippen LogP contribution in [0.15, 0.2) is 102 Å². The molecule has 2 amide bonds. The van der Waals surface area contributed by atoms with Crippen molar-refractivity contribution in [2.75, 3.05) is 19.6 Å². The van der Waals surface area contributed by atoms with E-state index in [9.17, 15) is 9.59 Å². The first kappa shape index (κ1) is 27.2. The second kappa shape index (κ2) is 14.3. The van der Waals surface area contributed by atoms with E-state index in [2.05, 4.69) is 53.4 Å². The van der Waals surface area contributed by atoms with Crippen molar-refractivity contribution in [2.45, 2.75) is 26.8 Å². The minimum absolute atomic E-state index is 0.231. The van der Waals surface area contributed by atoms with Gasteiger partial charge < -0.3 is 0 Å². The fourth-order valence-electron chi connectivity index (χ4n) is 3.57. The standard InChI is InChI=1S/C22H23BrN2O2.C7H10/c1-3-24(16(2)17-9-5-4-6-10-17)14-13-18(23)15-25-21(26)19-11-7-8-12-20(19)22(25)27;1-3-5-7-6-4-2/h4-13,16H,3,14-15H2,1-2H3;3-7H,1H2,2H3/b18-13+;6-4-,7-5-. The Morgan fingerprint density at radius 1 is 1.00 bits per heavy atom. The van der Waals surface area contributed by atoms with Crippen LogP contribution in [0.5, 0.6) is 0 Å². The predicted octanol–water partition coefficient (Wildman–Crippen LogP) is 6.95. The lowest BCUT2D eigenvalue weighted by Gasteiger charge is -2.27. The number of allylic oxidation sites excluding steroid dienone is 5. The first-order valence-corrected chi connectivity index (χ1v) is 12.2. The van der Waals surface area contributed by atoms with Gasteiger partial charge in [0, 0.05) is 17.1 Å². The SMILES string of the molecule is C=C/C=C\C=C/C.CCN(C/C=C(/Br)CN1C(=O)c2ccccc2C1=O)C(C)c1ccccc1. The molecule has 34 heavy (non-hydrogen) atoms. The summed E-state index contributed by atoms with van der Waals surface area (Å²) in [6.07, 6.45) is 11.5. The number of amides is 2. The summed E-state index contributed by atoms with van der Waals surface area (Å²) >= 11 is 3.54. The Kier molecular flexibility index (Phi) is 11.4. The van der Waals surface area contributed by atoms with Gasteiger partial charge in [-0.2, -0.15) is 0 Å². The summed E-state index contributed by atoms with van der Waals surface area (Å²) < 4.78 is 0.829. The molecule has 5 heteroatoms. The highest BCUT2D eigenvalue weighted by atomic mass is 79.9. The predicted molar refractivity (Wildman–Crippen MR) is 145 cm³/mol.